The Morgan fingerprint density at radius 1 is 0.800 bits per heavy atom. The van der Waals surface area contributed by atoms with E-state index in [4.69, 9.17) is 35.7 Å². The van der Waals surface area contributed by atoms with Gasteiger partial charge in [0, 0.05) is 0 Å². The van der Waals surface area contributed by atoms with E-state index in [1.807, 2.05) is 0 Å². The van der Waals surface area contributed by atoms with Gasteiger partial charge in [0.2, 0.25) is 0 Å². The Hall–Kier alpha value is 3.11. The van der Waals surface area contributed by atoms with Gasteiger partial charge in [-0.05, 0) is 0 Å². The van der Waals surface area contributed by atoms with Crippen LogP contribution in [0.15, 0.2) is 0 Å². The van der Waals surface area contributed by atoms with E-state index >= 15 is 0 Å². The molecule has 0 heterocycles. The van der Waals surface area contributed by atoms with Crippen LogP contribution in [0.3, 0.4) is 0 Å². The zero-order chi connectivity index (χ0) is 11.9. The first-order valence-corrected chi connectivity index (χ1v) is 31.6. The van der Waals surface area contributed by atoms with Gasteiger partial charge < -0.3 is 0 Å². The molecule has 0 aliphatic heterocycles. The van der Waals surface area contributed by atoms with Crippen molar-refractivity contribution in [3.8, 4) is 0 Å². The van der Waals surface area contributed by atoms with Crippen molar-refractivity contribution in [1.82, 2.24) is 0 Å². The molecule has 0 fully saturated rings. The Bertz CT molecular complexity index is 160. The summed E-state index contributed by atoms with van der Waals surface area (Å²) in [6, 6.07) is 0. The zero-order valence-electron chi connectivity index (χ0n) is 9.16. The van der Waals surface area contributed by atoms with Gasteiger partial charge in [-0.2, -0.15) is 0 Å². The second-order valence-electron chi connectivity index (χ2n) is 3.58. The molecule has 0 saturated carbocycles. The van der Waals surface area contributed by atoms with E-state index in [0.29, 0.717) is 0 Å². The molecule has 0 N–H and O–H groups in total. The molecule has 0 spiro atoms. The minimum atomic E-state index is -2.96. The van der Waals surface area contributed by atoms with E-state index in [-0.39, 0.29) is 0 Å². The molecule has 0 rings (SSSR count). The van der Waals surface area contributed by atoms with Gasteiger partial charge in [-0.1, -0.05) is 0 Å². The summed E-state index contributed by atoms with van der Waals surface area (Å²) in [4.78, 5) is 0. The molecule has 0 aromatic heterocycles. The number of halogens is 4. The van der Waals surface area contributed by atoms with Crippen molar-refractivity contribution in [2.75, 3.05) is 0 Å². The number of hydrogen-bond donors (Lipinski definition) is 0. The Labute approximate surface area is 118 Å². The molecular formula is C8H18Cl4SSn2. The Balaban J connectivity index is 4.04. The Morgan fingerprint density at radius 2 is 1.13 bits per heavy atom. The summed E-state index contributed by atoms with van der Waals surface area (Å²) in [6.07, 6.45) is 6.17. The number of rotatable bonds is 8. The van der Waals surface area contributed by atoms with Gasteiger partial charge in [0.05, 0.1) is 0 Å². The standard InChI is InChI=1S/2C4H9.4ClH.S.2Sn/c2*1-3-4-2;;;;;;;/h2*1,3-4H2,2H3;4*1H;;;/q;;;;;;;2*+2/p-4. The van der Waals surface area contributed by atoms with Crippen LogP contribution in [0, 0.1) is 0 Å². The second kappa shape index (κ2) is 9.08. The van der Waals surface area contributed by atoms with Crippen LogP contribution in [0.1, 0.15) is 39.5 Å². The van der Waals surface area contributed by atoms with E-state index in [1.165, 1.54) is 0 Å². The summed E-state index contributed by atoms with van der Waals surface area (Å²) in [5, 5.41) is 0. The first-order valence-electron chi connectivity index (χ1n) is 5.29. The molecule has 92 valence electrons. The van der Waals surface area contributed by atoms with Gasteiger partial charge in [-0.3, -0.25) is 0 Å². The van der Waals surface area contributed by atoms with Gasteiger partial charge in [0.1, 0.15) is 0 Å². The van der Waals surface area contributed by atoms with E-state index < -0.39 is 29.5 Å². The van der Waals surface area contributed by atoms with Crippen LogP contribution < -0.4 is 0 Å². The van der Waals surface area contributed by atoms with Crippen molar-refractivity contribution in [2.24, 2.45) is 0 Å². The van der Waals surface area contributed by atoms with E-state index in [9.17, 15) is 0 Å². The van der Waals surface area contributed by atoms with Crippen LogP contribution >= 0.6 is 41.8 Å². The second-order valence-corrected chi connectivity index (χ2v) is 62.7. The predicted octanol–water partition coefficient (Wildman–Crippen LogP) is 6.15. The summed E-state index contributed by atoms with van der Waals surface area (Å²) in [5.74, 6) is 0. The SMILES string of the molecule is CCC[CH2][Sn]([Cl])([Cl])[S][Sn]([Cl])([Cl])[CH2]CCC. The average molecular weight is 526 g/mol. The van der Waals surface area contributed by atoms with E-state index in [2.05, 4.69) is 13.8 Å². The molecule has 0 saturated heterocycles. The molecule has 7 heteroatoms. The van der Waals surface area contributed by atoms with Gasteiger partial charge in [0.25, 0.3) is 0 Å². The summed E-state index contributed by atoms with van der Waals surface area (Å²) < 4.78 is 1.95. The molecule has 0 aromatic carbocycles. The minimum absolute atomic E-state index is 0.975. The molecular weight excluding hydrogens is 507 g/mol. The first-order chi connectivity index (χ1) is 6.83. The van der Waals surface area contributed by atoms with Crippen molar-refractivity contribution in [2.45, 2.75) is 48.4 Å². The van der Waals surface area contributed by atoms with Crippen LogP contribution in [0.2, 0.25) is 8.87 Å². The molecule has 0 aromatic rings. The maximum atomic E-state index is 6.40. The molecule has 0 bridgehead atoms. The van der Waals surface area contributed by atoms with Crippen LogP contribution in [0.4, 0.5) is 0 Å². The number of hydrogen-bond acceptors (Lipinski definition) is 1. The van der Waals surface area contributed by atoms with Crippen LogP contribution in [0.25, 0.3) is 0 Å². The van der Waals surface area contributed by atoms with Gasteiger partial charge >= 0.3 is 120 Å². The molecule has 0 radical (unpaired) electrons. The van der Waals surface area contributed by atoms with Gasteiger partial charge in [-0.15, -0.1) is 0 Å². The van der Waals surface area contributed by atoms with Gasteiger partial charge in [0.15, 0.2) is 0 Å². The molecule has 0 unspecified atom stereocenters. The van der Waals surface area contributed by atoms with Crippen LogP contribution in [-0.2, 0) is 0 Å². The van der Waals surface area contributed by atoms with Crippen LogP contribution in [-0.4, -0.2) is 29.5 Å². The normalized spacial score (nSPS) is 13.2. The molecule has 0 atom stereocenters. The van der Waals surface area contributed by atoms with Crippen molar-refractivity contribution in [3.63, 3.8) is 0 Å². The van der Waals surface area contributed by atoms with E-state index in [1.54, 1.807) is 6.13 Å². The third-order valence-electron chi connectivity index (χ3n) is 1.94. The molecule has 0 nitrogen and oxygen atoms in total. The Kier molecular flexibility index (Phi) is 11.0. The molecule has 0 aliphatic rings. The fourth-order valence-electron chi connectivity index (χ4n) is 1.09. The fourth-order valence-corrected chi connectivity index (χ4v) is 146. The molecule has 0 amide bonds. The molecule has 15 heavy (non-hydrogen) atoms. The maximum absolute atomic E-state index is 6.40. The van der Waals surface area contributed by atoms with E-state index in [0.717, 1.165) is 34.6 Å². The summed E-state index contributed by atoms with van der Waals surface area (Å²) in [6.45, 7) is 4.30. The topological polar surface area (TPSA) is 0 Å². The number of unbranched alkanes of at least 4 members (excludes halogenated alkanes) is 2. The summed E-state index contributed by atoms with van der Waals surface area (Å²) in [5.41, 5.74) is 0. The van der Waals surface area contributed by atoms with Gasteiger partial charge in [-0.25, -0.2) is 0 Å². The zero-order valence-corrected chi connectivity index (χ0v) is 18.7. The van der Waals surface area contributed by atoms with Crippen molar-refractivity contribution >= 4 is 71.3 Å². The first kappa shape index (κ1) is 18.1. The fraction of sp³-hybridized carbons (Fsp3) is 1.00. The van der Waals surface area contributed by atoms with Crippen LogP contribution in [0.5, 0.6) is 0 Å². The molecule has 0 aliphatic carbocycles. The summed E-state index contributed by atoms with van der Waals surface area (Å²) in [7, 11) is 25.6. The summed E-state index contributed by atoms with van der Waals surface area (Å²) >= 11 is -5.92. The predicted molar refractivity (Wildman–Crippen MR) is 81.9 cm³/mol. The third kappa shape index (κ3) is 10.7. The monoisotopic (exact) mass is 526 g/mol. The Morgan fingerprint density at radius 3 is 1.40 bits per heavy atom. The van der Waals surface area contributed by atoms with Crippen molar-refractivity contribution in [3.05, 3.63) is 0 Å². The van der Waals surface area contributed by atoms with Crippen molar-refractivity contribution < 1.29 is 0 Å². The van der Waals surface area contributed by atoms with Crippen molar-refractivity contribution in [1.29, 1.82) is 0 Å². The third-order valence-corrected chi connectivity index (χ3v) is 96.8. The quantitative estimate of drug-likeness (QED) is 0.343. The average Bonchev–Trinajstić information content (AvgIpc) is 2.10.